The number of nitrogens with one attached hydrogen (secondary N) is 2. The lowest BCUT2D eigenvalue weighted by Crippen LogP contribution is -2.50. The van der Waals surface area contributed by atoms with Gasteiger partial charge in [-0.1, -0.05) is 24.3 Å². The molecule has 180 valence electrons. The van der Waals surface area contributed by atoms with Crippen LogP contribution in [0.15, 0.2) is 30.5 Å². The van der Waals surface area contributed by atoms with Gasteiger partial charge in [0.2, 0.25) is 5.91 Å². The molecule has 8 heteroatoms. The van der Waals surface area contributed by atoms with Crippen LogP contribution in [0.25, 0.3) is 16.8 Å². The van der Waals surface area contributed by atoms with Gasteiger partial charge in [0.25, 0.3) is 0 Å². The highest BCUT2D eigenvalue weighted by Gasteiger charge is 2.26. The Morgan fingerprint density at radius 2 is 1.58 bits per heavy atom. The summed E-state index contributed by atoms with van der Waals surface area (Å²) in [6.45, 7) is 12.3. The van der Waals surface area contributed by atoms with E-state index in [0.29, 0.717) is 21.9 Å². The van der Waals surface area contributed by atoms with Gasteiger partial charge in [-0.25, -0.2) is 4.79 Å². The number of hydrogen-bond donors (Lipinski definition) is 4. The lowest BCUT2D eigenvalue weighted by molar-refractivity contribution is -0.125. The average molecular weight is 459 g/mol. The van der Waals surface area contributed by atoms with Crippen molar-refractivity contribution >= 4 is 28.8 Å². The zero-order valence-corrected chi connectivity index (χ0v) is 20.3. The van der Waals surface area contributed by atoms with Crippen molar-refractivity contribution in [2.45, 2.75) is 65.7 Å². The van der Waals surface area contributed by atoms with E-state index in [4.69, 9.17) is 9.47 Å². The summed E-state index contributed by atoms with van der Waals surface area (Å²) in [7, 11) is 0. The molecular formula is C25H34N2O6. The van der Waals surface area contributed by atoms with Gasteiger partial charge in [-0.05, 0) is 54.5 Å². The molecule has 0 radical (unpaired) electrons. The van der Waals surface area contributed by atoms with Crippen molar-refractivity contribution in [2.24, 2.45) is 0 Å². The molecule has 33 heavy (non-hydrogen) atoms. The molecule has 1 unspecified atom stereocenters. The van der Waals surface area contributed by atoms with Gasteiger partial charge in [0.1, 0.15) is 23.1 Å². The summed E-state index contributed by atoms with van der Waals surface area (Å²) in [5.41, 5.74) is -0.399. The number of fused-ring (bicyclic) bond motifs is 1. The van der Waals surface area contributed by atoms with Crippen molar-refractivity contribution in [3.63, 3.8) is 0 Å². The SMILES string of the molecule is Cc1c(C=CNC(=O)C(COC(C)(C)C)NC(=O)OC(C)(C)C)c(O)c2ccccc2c1O. The zero-order chi connectivity index (χ0) is 25.0. The van der Waals surface area contributed by atoms with Crippen LogP contribution < -0.4 is 10.6 Å². The summed E-state index contributed by atoms with van der Waals surface area (Å²) in [6.07, 6.45) is 2.10. The summed E-state index contributed by atoms with van der Waals surface area (Å²) >= 11 is 0. The maximum atomic E-state index is 12.8. The van der Waals surface area contributed by atoms with Gasteiger partial charge in [0.05, 0.1) is 12.2 Å². The first-order chi connectivity index (χ1) is 15.2. The Bertz CT molecular complexity index is 1050. The molecule has 2 rings (SSSR count). The minimum absolute atomic E-state index is 0.00843. The van der Waals surface area contributed by atoms with Crippen molar-refractivity contribution < 1.29 is 29.3 Å². The van der Waals surface area contributed by atoms with E-state index in [1.807, 2.05) is 20.8 Å². The number of amides is 2. The maximum absolute atomic E-state index is 12.8. The van der Waals surface area contributed by atoms with Crippen LogP contribution in [-0.2, 0) is 14.3 Å². The van der Waals surface area contributed by atoms with Crippen LogP contribution in [0.2, 0.25) is 0 Å². The average Bonchev–Trinajstić information content (AvgIpc) is 2.69. The van der Waals surface area contributed by atoms with E-state index in [-0.39, 0.29) is 18.1 Å². The van der Waals surface area contributed by atoms with Gasteiger partial charge < -0.3 is 30.3 Å². The highest BCUT2D eigenvalue weighted by Crippen LogP contribution is 2.39. The highest BCUT2D eigenvalue weighted by molar-refractivity contribution is 5.97. The molecular weight excluding hydrogens is 424 g/mol. The van der Waals surface area contributed by atoms with E-state index in [2.05, 4.69) is 10.6 Å². The second kappa shape index (κ2) is 10.1. The van der Waals surface area contributed by atoms with E-state index in [1.54, 1.807) is 52.0 Å². The summed E-state index contributed by atoms with van der Waals surface area (Å²) in [6, 6.07) is 5.94. The maximum Gasteiger partial charge on any atom is 0.408 e. The molecule has 0 spiro atoms. The number of hydrogen-bond acceptors (Lipinski definition) is 6. The molecule has 0 heterocycles. The van der Waals surface area contributed by atoms with E-state index >= 15 is 0 Å². The minimum atomic E-state index is -1.01. The second-order valence-corrected chi connectivity index (χ2v) is 9.75. The molecule has 0 bridgehead atoms. The van der Waals surface area contributed by atoms with Crippen molar-refractivity contribution in [2.75, 3.05) is 6.61 Å². The molecule has 1 atom stereocenters. The fourth-order valence-electron chi connectivity index (χ4n) is 3.03. The molecule has 2 amide bonds. The van der Waals surface area contributed by atoms with E-state index in [1.165, 1.54) is 12.3 Å². The first kappa shape index (κ1) is 26.0. The Morgan fingerprint density at radius 3 is 2.12 bits per heavy atom. The topological polar surface area (TPSA) is 117 Å². The van der Waals surface area contributed by atoms with Gasteiger partial charge in [-0.15, -0.1) is 0 Å². The Balaban J connectivity index is 2.21. The molecule has 0 saturated carbocycles. The molecule has 0 aliphatic heterocycles. The quantitative estimate of drug-likeness (QED) is 0.478. The second-order valence-electron chi connectivity index (χ2n) is 9.75. The number of benzene rings is 2. The first-order valence-corrected chi connectivity index (χ1v) is 10.7. The molecule has 0 saturated heterocycles. The largest absolute Gasteiger partial charge is 0.507 e. The molecule has 0 aromatic heterocycles. The van der Waals surface area contributed by atoms with Crippen molar-refractivity contribution in [3.05, 3.63) is 41.6 Å². The summed E-state index contributed by atoms with van der Waals surface area (Å²) in [5, 5.41) is 27.3. The van der Waals surface area contributed by atoms with Gasteiger partial charge in [-0.2, -0.15) is 0 Å². The molecule has 2 aromatic carbocycles. The Kier molecular flexibility index (Phi) is 7.97. The molecule has 4 N–H and O–H groups in total. The smallest absolute Gasteiger partial charge is 0.408 e. The molecule has 8 nitrogen and oxygen atoms in total. The lowest BCUT2D eigenvalue weighted by Gasteiger charge is -2.26. The number of aromatic hydroxyl groups is 2. The monoisotopic (exact) mass is 458 g/mol. The zero-order valence-electron chi connectivity index (χ0n) is 20.3. The summed E-state index contributed by atoms with van der Waals surface area (Å²) in [4.78, 5) is 25.0. The predicted octanol–water partition coefficient (Wildman–Crippen LogP) is 4.35. The minimum Gasteiger partial charge on any atom is -0.507 e. The van der Waals surface area contributed by atoms with Crippen LogP contribution in [0.1, 0.15) is 52.7 Å². The Labute approximate surface area is 194 Å². The standard InChI is InChI=1S/C25H34N2O6/c1-15-16(21(29)18-11-9-8-10-17(18)20(15)28)12-13-26-22(30)19(14-32-24(2,3)4)27-23(31)33-25(5,6)7/h8-13,19,28-29H,14H2,1-7H3,(H,26,30)(H,27,31). The lowest BCUT2D eigenvalue weighted by atomic mass is 9.98. The molecule has 0 fully saturated rings. The van der Waals surface area contributed by atoms with E-state index in [0.717, 1.165) is 0 Å². The van der Waals surface area contributed by atoms with Gasteiger partial charge >= 0.3 is 6.09 Å². The Hall–Kier alpha value is -3.26. The number of phenolic OH excluding ortho intramolecular Hbond substituents is 2. The van der Waals surface area contributed by atoms with E-state index in [9.17, 15) is 19.8 Å². The third kappa shape index (κ3) is 7.39. The van der Waals surface area contributed by atoms with Crippen LogP contribution in [-0.4, -0.2) is 46.1 Å². The van der Waals surface area contributed by atoms with Crippen LogP contribution in [0.3, 0.4) is 0 Å². The first-order valence-electron chi connectivity index (χ1n) is 10.7. The van der Waals surface area contributed by atoms with Crippen LogP contribution in [0, 0.1) is 6.92 Å². The van der Waals surface area contributed by atoms with Crippen LogP contribution in [0.4, 0.5) is 4.79 Å². The fourth-order valence-corrected chi connectivity index (χ4v) is 3.03. The van der Waals surface area contributed by atoms with Crippen molar-refractivity contribution in [1.82, 2.24) is 10.6 Å². The van der Waals surface area contributed by atoms with Gasteiger partial charge in [-0.3, -0.25) is 4.79 Å². The number of rotatable bonds is 6. The van der Waals surface area contributed by atoms with Gasteiger partial charge in [0.15, 0.2) is 0 Å². The number of carbonyl (C=O) groups excluding carboxylic acids is 2. The molecule has 0 aliphatic rings. The number of carbonyl (C=O) groups is 2. The van der Waals surface area contributed by atoms with Crippen LogP contribution in [0.5, 0.6) is 11.5 Å². The third-order valence-electron chi connectivity index (χ3n) is 4.62. The predicted molar refractivity (Wildman–Crippen MR) is 128 cm³/mol. The van der Waals surface area contributed by atoms with Crippen molar-refractivity contribution in [3.8, 4) is 11.5 Å². The number of phenols is 2. The third-order valence-corrected chi connectivity index (χ3v) is 4.62. The fraction of sp³-hybridized carbons (Fsp3) is 0.440. The summed E-state index contributed by atoms with van der Waals surface area (Å²) in [5.74, 6) is -0.480. The molecule has 2 aromatic rings. The highest BCUT2D eigenvalue weighted by atomic mass is 16.6. The molecule has 0 aliphatic carbocycles. The Morgan fingerprint density at radius 1 is 1.00 bits per heavy atom. The number of ether oxygens (including phenoxy) is 2. The van der Waals surface area contributed by atoms with Gasteiger partial charge in [0, 0.05) is 28.1 Å². The van der Waals surface area contributed by atoms with E-state index < -0.39 is 29.2 Å². The normalized spacial score (nSPS) is 13.2. The van der Waals surface area contributed by atoms with Crippen LogP contribution >= 0.6 is 0 Å². The van der Waals surface area contributed by atoms with Crippen molar-refractivity contribution in [1.29, 1.82) is 0 Å². The number of alkyl carbamates (subject to hydrolysis) is 1. The summed E-state index contributed by atoms with van der Waals surface area (Å²) < 4.78 is 10.9.